The van der Waals surface area contributed by atoms with Crippen LogP contribution in [0.5, 0.6) is 0 Å². The fourth-order valence-electron chi connectivity index (χ4n) is 4.10. The number of amides is 1. The summed E-state index contributed by atoms with van der Waals surface area (Å²) in [6, 6.07) is 10.4. The van der Waals surface area contributed by atoms with E-state index in [2.05, 4.69) is 20.4 Å². The molecule has 26 heavy (non-hydrogen) atoms. The number of nitrogens with zero attached hydrogens (tertiary/aromatic N) is 3. The van der Waals surface area contributed by atoms with Crippen molar-refractivity contribution in [2.24, 2.45) is 5.92 Å². The van der Waals surface area contributed by atoms with Gasteiger partial charge in [0.05, 0.1) is 5.75 Å². The maximum absolute atomic E-state index is 12.8. The van der Waals surface area contributed by atoms with Crippen molar-refractivity contribution in [1.29, 1.82) is 0 Å². The average molecular weight is 389 g/mol. The van der Waals surface area contributed by atoms with Crippen LogP contribution in [0, 0.1) is 5.92 Å². The van der Waals surface area contributed by atoms with E-state index in [4.69, 9.17) is 0 Å². The van der Waals surface area contributed by atoms with Gasteiger partial charge >= 0.3 is 0 Å². The molecule has 1 saturated carbocycles. The summed E-state index contributed by atoms with van der Waals surface area (Å²) >= 11 is 3.00. The summed E-state index contributed by atoms with van der Waals surface area (Å²) in [6.45, 7) is 0.928. The van der Waals surface area contributed by atoms with E-state index >= 15 is 0 Å². The molecule has 1 N–H and O–H groups in total. The Morgan fingerprint density at radius 1 is 1.15 bits per heavy atom. The molecule has 1 amide bonds. The van der Waals surface area contributed by atoms with E-state index in [-0.39, 0.29) is 5.91 Å². The van der Waals surface area contributed by atoms with E-state index in [1.54, 1.807) is 0 Å². The third-order valence-corrected chi connectivity index (χ3v) is 7.27. The molecule has 4 rings (SSSR count). The monoisotopic (exact) mass is 388 g/mol. The highest BCUT2D eigenvalue weighted by atomic mass is 32.2. The molecule has 138 valence electrons. The summed E-state index contributed by atoms with van der Waals surface area (Å²) in [7, 11) is 0. The fraction of sp³-hybridized carbons (Fsp3) is 0.526. The third-order valence-electron chi connectivity index (χ3n) is 5.31. The van der Waals surface area contributed by atoms with Gasteiger partial charge in [-0.3, -0.25) is 4.79 Å². The number of carbonyl (C=O) groups is 1. The van der Waals surface area contributed by atoms with Gasteiger partial charge in [-0.05, 0) is 43.7 Å². The van der Waals surface area contributed by atoms with Crippen molar-refractivity contribution in [3.05, 3.63) is 30.3 Å². The Morgan fingerprint density at radius 3 is 2.85 bits per heavy atom. The van der Waals surface area contributed by atoms with Gasteiger partial charge < -0.3 is 10.2 Å². The number of anilines is 2. The first-order valence-corrected chi connectivity index (χ1v) is 11.2. The number of hydrogen-bond donors (Lipinski definition) is 1. The second-order valence-corrected chi connectivity index (χ2v) is 9.19. The summed E-state index contributed by atoms with van der Waals surface area (Å²) in [5, 5.41) is 12.4. The Hall–Kier alpha value is -1.60. The predicted octanol–water partition coefficient (Wildman–Crippen LogP) is 4.56. The van der Waals surface area contributed by atoms with E-state index < -0.39 is 0 Å². The summed E-state index contributed by atoms with van der Waals surface area (Å²) < 4.78 is 0.842. The summed E-state index contributed by atoms with van der Waals surface area (Å²) in [6.07, 6.45) is 7.54. The first-order valence-electron chi connectivity index (χ1n) is 9.37. The zero-order valence-electron chi connectivity index (χ0n) is 14.8. The van der Waals surface area contributed by atoms with E-state index in [0.29, 0.717) is 11.8 Å². The van der Waals surface area contributed by atoms with Crippen LogP contribution in [-0.4, -0.2) is 39.3 Å². The molecule has 0 bridgehead atoms. The Labute approximate surface area is 162 Å². The number of piperidine rings is 1. The average Bonchev–Trinajstić information content (AvgIpc) is 3.14. The minimum absolute atomic E-state index is 0.263. The molecule has 2 atom stereocenters. The fourth-order valence-corrected chi connectivity index (χ4v) is 5.76. The van der Waals surface area contributed by atoms with Crippen LogP contribution in [0.4, 0.5) is 10.8 Å². The Balaban J connectivity index is 1.31. The molecule has 1 aromatic heterocycles. The predicted molar refractivity (Wildman–Crippen MR) is 107 cm³/mol. The van der Waals surface area contributed by atoms with Crippen molar-refractivity contribution in [1.82, 2.24) is 15.1 Å². The molecule has 1 aliphatic heterocycles. The first-order chi connectivity index (χ1) is 12.8. The second-order valence-electron chi connectivity index (χ2n) is 6.99. The number of fused-ring (bicyclic) bond motifs is 1. The van der Waals surface area contributed by atoms with Crippen molar-refractivity contribution in [3.8, 4) is 0 Å². The molecule has 2 aromatic rings. The van der Waals surface area contributed by atoms with Gasteiger partial charge in [0.25, 0.3) is 0 Å². The Kier molecular flexibility index (Phi) is 5.75. The van der Waals surface area contributed by atoms with E-state index in [0.717, 1.165) is 34.0 Å². The largest absolute Gasteiger partial charge is 0.339 e. The van der Waals surface area contributed by atoms with Crippen molar-refractivity contribution >= 4 is 39.8 Å². The standard InChI is InChI=1S/C19H24N4OS2/c24-17(23-12-6-8-14-7-4-5-11-16(14)23)13-25-19-22-21-18(26-19)20-15-9-2-1-3-10-15/h1-3,9-10,14,16H,4-8,11-13H2,(H,20,21)/t14-,16+/m0/s1. The van der Waals surface area contributed by atoms with Crippen LogP contribution in [0.1, 0.15) is 38.5 Å². The van der Waals surface area contributed by atoms with Gasteiger partial charge in [-0.15, -0.1) is 10.2 Å². The summed E-state index contributed by atoms with van der Waals surface area (Å²) in [5.41, 5.74) is 0.993. The molecule has 2 aliphatic rings. The molecule has 1 aliphatic carbocycles. The summed E-state index contributed by atoms with van der Waals surface area (Å²) in [5.74, 6) is 1.46. The van der Waals surface area contributed by atoms with Gasteiger partial charge in [-0.25, -0.2) is 0 Å². The number of para-hydroxylation sites is 1. The molecule has 7 heteroatoms. The maximum atomic E-state index is 12.8. The van der Waals surface area contributed by atoms with Crippen LogP contribution in [0.2, 0.25) is 0 Å². The minimum Gasteiger partial charge on any atom is -0.339 e. The summed E-state index contributed by atoms with van der Waals surface area (Å²) in [4.78, 5) is 14.9. The van der Waals surface area contributed by atoms with Crippen LogP contribution in [0.3, 0.4) is 0 Å². The zero-order valence-corrected chi connectivity index (χ0v) is 16.4. The molecule has 2 fully saturated rings. The lowest BCUT2D eigenvalue weighted by Gasteiger charge is -2.44. The van der Waals surface area contributed by atoms with Crippen molar-refractivity contribution in [3.63, 3.8) is 0 Å². The quantitative estimate of drug-likeness (QED) is 0.761. The smallest absolute Gasteiger partial charge is 0.233 e. The molecule has 1 aromatic carbocycles. The highest BCUT2D eigenvalue weighted by Gasteiger charge is 2.35. The number of aromatic nitrogens is 2. The third kappa shape index (κ3) is 4.20. The zero-order chi connectivity index (χ0) is 17.8. The van der Waals surface area contributed by atoms with Crippen molar-refractivity contribution < 1.29 is 4.79 Å². The van der Waals surface area contributed by atoms with Crippen LogP contribution in [-0.2, 0) is 4.79 Å². The van der Waals surface area contributed by atoms with Crippen molar-refractivity contribution in [2.75, 3.05) is 17.6 Å². The molecule has 5 nitrogen and oxygen atoms in total. The van der Waals surface area contributed by atoms with Gasteiger partial charge in [0.1, 0.15) is 0 Å². The number of likely N-dealkylation sites (tertiary alicyclic amines) is 1. The number of benzene rings is 1. The van der Waals surface area contributed by atoms with Gasteiger partial charge in [0, 0.05) is 18.3 Å². The lowest BCUT2D eigenvalue weighted by molar-refractivity contribution is -0.134. The highest BCUT2D eigenvalue weighted by molar-refractivity contribution is 8.01. The molecular weight excluding hydrogens is 364 g/mol. The van der Waals surface area contributed by atoms with E-state index in [1.165, 1.54) is 55.2 Å². The van der Waals surface area contributed by atoms with E-state index in [9.17, 15) is 4.79 Å². The van der Waals surface area contributed by atoms with Crippen molar-refractivity contribution in [2.45, 2.75) is 48.9 Å². The SMILES string of the molecule is O=C(CSc1nnc(Nc2ccccc2)s1)N1CCC[C@@H]2CCCC[C@H]21. The topological polar surface area (TPSA) is 58.1 Å². The molecule has 0 radical (unpaired) electrons. The van der Waals surface area contributed by atoms with E-state index in [1.807, 2.05) is 30.3 Å². The number of nitrogens with one attached hydrogen (secondary N) is 1. The second kappa shape index (κ2) is 8.39. The Morgan fingerprint density at radius 2 is 1.96 bits per heavy atom. The Bertz CT molecular complexity index is 734. The molecular formula is C19H24N4OS2. The molecule has 2 heterocycles. The normalized spacial score (nSPS) is 22.7. The van der Waals surface area contributed by atoms with Crippen LogP contribution in [0.15, 0.2) is 34.7 Å². The van der Waals surface area contributed by atoms with Gasteiger partial charge in [-0.2, -0.15) is 0 Å². The van der Waals surface area contributed by atoms with Crippen LogP contribution < -0.4 is 5.32 Å². The van der Waals surface area contributed by atoms with Crippen LogP contribution in [0.25, 0.3) is 0 Å². The first kappa shape index (κ1) is 17.8. The number of hydrogen-bond acceptors (Lipinski definition) is 6. The number of carbonyl (C=O) groups excluding carboxylic acids is 1. The lowest BCUT2D eigenvalue weighted by Crippen LogP contribution is -2.50. The van der Waals surface area contributed by atoms with Gasteiger partial charge in [-0.1, -0.05) is 54.1 Å². The maximum Gasteiger partial charge on any atom is 0.233 e. The molecule has 0 spiro atoms. The molecule has 1 saturated heterocycles. The number of rotatable bonds is 5. The number of thioether (sulfide) groups is 1. The van der Waals surface area contributed by atoms with Crippen LogP contribution >= 0.6 is 23.1 Å². The van der Waals surface area contributed by atoms with Gasteiger partial charge in [0.15, 0.2) is 4.34 Å². The minimum atomic E-state index is 0.263. The van der Waals surface area contributed by atoms with Gasteiger partial charge in [0.2, 0.25) is 11.0 Å². The lowest BCUT2D eigenvalue weighted by atomic mass is 9.78. The highest BCUT2D eigenvalue weighted by Crippen LogP contribution is 2.36. The molecule has 0 unspecified atom stereocenters.